The third kappa shape index (κ3) is 1.41. The van der Waals surface area contributed by atoms with Gasteiger partial charge in [0.15, 0.2) is 0 Å². The molecule has 1 aliphatic carbocycles. The van der Waals surface area contributed by atoms with E-state index in [1.807, 2.05) is 12.1 Å². The Balaban J connectivity index is 2.07. The average Bonchev–Trinajstić information content (AvgIpc) is 2.74. The summed E-state index contributed by atoms with van der Waals surface area (Å²) in [6, 6.07) is 15.9. The van der Waals surface area contributed by atoms with Crippen molar-refractivity contribution in [2.45, 2.75) is 6.42 Å². The van der Waals surface area contributed by atoms with Crippen molar-refractivity contribution < 1.29 is 5.11 Å². The predicted molar refractivity (Wildman–Crippen MR) is 65.3 cm³/mol. The lowest BCUT2D eigenvalue weighted by Gasteiger charge is -2.05. The second-order valence-corrected chi connectivity index (χ2v) is 4.03. The van der Waals surface area contributed by atoms with E-state index < -0.39 is 0 Å². The molecule has 0 saturated heterocycles. The van der Waals surface area contributed by atoms with Gasteiger partial charge in [0.05, 0.1) is 0 Å². The van der Waals surface area contributed by atoms with Gasteiger partial charge in [-0.1, -0.05) is 42.5 Å². The van der Waals surface area contributed by atoms with E-state index >= 15 is 0 Å². The maximum atomic E-state index is 9.28. The number of fused-ring (bicyclic) bond motifs is 1. The van der Waals surface area contributed by atoms with Crippen LogP contribution in [0.2, 0.25) is 0 Å². The molecule has 0 aliphatic heterocycles. The summed E-state index contributed by atoms with van der Waals surface area (Å²) in [6.07, 6.45) is 3.25. The fourth-order valence-electron chi connectivity index (χ4n) is 2.20. The molecule has 3 rings (SSSR count). The SMILES string of the molecule is Oc1ccc(C2=CCc3ccccc32)cc1. The first-order valence-electron chi connectivity index (χ1n) is 5.42. The monoisotopic (exact) mass is 208 g/mol. The Hall–Kier alpha value is -2.02. The molecule has 0 unspecified atom stereocenters. The van der Waals surface area contributed by atoms with Crippen molar-refractivity contribution in [1.82, 2.24) is 0 Å². The van der Waals surface area contributed by atoms with Crippen LogP contribution >= 0.6 is 0 Å². The van der Waals surface area contributed by atoms with Crippen LogP contribution < -0.4 is 0 Å². The van der Waals surface area contributed by atoms with Gasteiger partial charge in [-0.3, -0.25) is 0 Å². The molecule has 0 radical (unpaired) electrons. The maximum Gasteiger partial charge on any atom is 0.115 e. The molecule has 0 saturated carbocycles. The molecule has 0 spiro atoms. The minimum absolute atomic E-state index is 0.315. The summed E-state index contributed by atoms with van der Waals surface area (Å²) in [6.45, 7) is 0. The van der Waals surface area contributed by atoms with E-state index in [0.717, 1.165) is 6.42 Å². The third-order valence-corrected chi connectivity index (χ3v) is 3.01. The van der Waals surface area contributed by atoms with E-state index in [9.17, 15) is 5.11 Å². The van der Waals surface area contributed by atoms with Gasteiger partial charge in [0.2, 0.25) is 0 Å². The molecule has 1 nitrogen and oxygen atoms in total. The standard InChI is InChI=1S/C15H12O/c16-13-8-5-12(6-9-13)15-10-7-11-3-1-2-4-14(11)15/h1-6,8-10,16H,7H2. The Morgan fingerprint density at radius 2 is 1.62 bits per heavy atom. The van der Waals surface area contributed by atoms with Crippen LogP contribution in [-0.4, -0.2) is 5.11 Å². The van der Waals surface area contributed by atoms with Crippen LogP contribution in [0.4, 0.5) is 0 Å². The molecule has 78 valence electrons. The van der Waals surface area contributed by atoms with Crippen LogP contribution in [0.25, 0.3) is 5.57 Å². The minimum Gasteiger partial charge on any atom is -0.508 e. The molecule has 2 aromatic carbocycles. The Morgan fingerprint density at radius 1 is 0.875 bits per heavy atom. The van der Waals surface area contributed by atoms with Crippen molar-refractivity contribution in [2.24, 2.45) is 0 Å². The van der Waals surface area contributed by atoms with E-state index in [2.05, 4.69) is 30.3 Å². The van der Waals surface area contributed by atoms with Gasteiger partial charge < -0.3 is 5.11 Å². The van der Waals surface area contributed by atoms with E-state index in [4.69, 9.17) is 0 Å². The van der Waals surface area contributed by atoms with Gasteiger partial charge in [0, 0.05) is 0 Å². The number of allylic oxidation sites excluding steroid dienone is 1. The van der Waals surface area contributed by atoms with Crippen LogP contribution in [0.3, 0.4) is 0 Å². The third-order valence-electron chi connectivity index (χ3n) is 3.01. The molecule has 2 aromatic rings. The quantitative estimate of drug-likeness (QED) is 0.761. The number of aromatic hydroxyl groups is 1. The molecule has 0 heterocycles. The zero-order chi connectivity index (χ0) is 11.0. The lowest BCUT2D eigenvalue weighted by atomic mass is 9.99. The summed E-state index contributed by atoms with van der Waals surface area (Å²) in [5.41, 5.74) is 5.14. The first-order valence-corrected chi connectivity index (χ1v) is 5.42. The van der Waals surface area contributed by atoms with Crippen LogP contribution in [-0.2, 0) is 6.42 Å². The summed E-state index contributed by atoms with van der Waals surface area (Å²) in [7, 11) is 0. The van der Waals surface area contributed by atoms with Gasteiger partial charge in [-0.15, -0.1) is 0 Å². The molecule has 0 aromatic heterocycles. The van der Waals surface area contributed by atoms with Gasteiger partial charge in [-0.25, -0.2) is 0 Å². The number of phenolic OH excluding ortho intramolecular Hbond substituents is 1. The average molecular weight is 208 g/mol. The minimum atomic E-state index is 0.315. The van der Waals surface area contributed by atoms with Crippen molar-refractivity contribution in [1.29, 1.82) is 0 Å². The lowest BCUT2D eigenvalue weighted by Crippen LogP contribution is -1.85. The summed E-state index contributed by atoms with van der Waals surface area (Å²) < 4.78 is 0. The molecular weight excluding hydrogens is 196 g/mol. The Labute approximate surface area is 94.7 Å². The van der Waals surface area contributed by atoms with E-state index in [1.54, 1.807) is 12.1 Å². The number of hydrogen-bond acceptors (Lipinski definition) is 1. The Kier molecular flexibility index (Phi) is 2.03. The van der Waals surface area contributed by atoms with Gasteiger partial charge in [-0.05, 0) is 40.8 Å². The highest BCUT2D eigenvalue weighted by atomic mass is 16.3. The number of benzene rings is 2. The second-order valence-electron chi connectivity index (χ2n) is 4.03. The normalized spacial score (nSPS) is 13.4. The molecule has 1 aliphatic rings. The van der Waals surface area contributed by atoms with Gasteiger partial charge in [-0.2, -0.15) is 0 Å². The highest BCUT2D eigenvalue weighted by Crippen LogP contribution is 2.32. The van der Waals surface area contributed by atoms with E-state index in [1.165, 1.54) is 22.3 Å². The zero-order valence-corrected chi connectivity index (χ0v) is 8.85. The van der Waals surface area contributed by atoms with Crippen molar-refractivity contribution >= 4 is 5.57 Å². The summed E-state index contributed by atoms with van der Waals surface area (Å²) in [5.74, 6) is 0.315. The van der Waals surface area contributed by atoms with Crippen LogP contribution in [0.1, 0.15) is 16.7 Å². The zero-order valence-electron chi connectivity index (χ0n) is 8.85. The summed E-state index contributed by atoms with van der Waals surface area (Å²) in [5, 5.41) is 9.28. The first-order chi connectivity index (χ1) is 7.84. The second kappa shape index (κ2) is 3.53. The molecule has 0 atom stereocenters. The fraction of sp³-hybridized carbons (Fsp3) is 0.0667. The topological polar surface area (TPSA) is 20.2 Å². The summed E-state index contributed by atoms with van der Waals surface area (Å²) >= 11 is 0. The molecule has 0 fully saturated rings. The molecular formula is C15H12O. The molecule has 1 heteroatoms. The maximum absolute atomic E-state index is 9.28. The lowest BCUT2D eigenvalue weighted by molar-refractivity contribution is 0.475. The number of hydrogen-bond donors (Lipinski definition) is 1. The highest BCUT2D eigenvalue weighted by Gasteiger charge is 2.14. The smallest absolute Gasteiger partial charge is 0.115 e. The van der Waals surface area contributed by atoms with Crippen molar-refractivity contribution in [2.75, 3.05) is 0 Å². The van der Waals surface area contributed by atoms with Gasteiger partial charge in [0.25, 0.3) is 0 Å². The summed E-state index contributed by atoms with van der Waals surface area (Å²) in [4.78, 5) is 0. The highest BCUT2D eigenvalue weighted by molar-refractivity contribution is 5.84. The Bertz CT molecular complexity index is 550. The predicted octanol–water partition coefficient (Wildman–Crippen LogP) is 3.38. The molecule has 1 N–H and O–H groups in total. The van der Waals surface area contributed by atoms with Crippen molar-refractivity contribution in [3.63, 3.8) is 0 Å². The molecule has 0 amide bonds. The molecule has 16 heavy (non-hydrogen) atoms. The van der Waals surface area contributed by atoms with Gasteiger partial charge >= 0.3 is 0 Å². The van der Waals surface area contributed by atoms with Crippen LogP contribution in [0.5, 0.6) is 5.75 Å². The largest absolute Gasteiger partial charge is 0.508 e. The van der Waals surface area contributed by atoms with E-state index in [0.29, 0.717) is 5.75 Å². The van der Waals surface area contributed by atoms with Gasteiger partial charge in [0.1, 0.15) is 5.75 Å². The fourth-order valence-corrected chi connectivity index (χ4v) is 2.20. The van der Waals surface area contributed by atoms with Crippen molar-refractivity contribution in [3.8, 4) is 5.75 Å². The first kappa shape index (κ1) is 9.22. The van der Waals surface area contributed by atoms with Crippen LogP contribution in [0, 0.1) is 0 Å². The van der Waals surface area contributed by atoms with Crippen molar-refractivity contribution in [3.05, 3.63) is 71.3 Å². The van der Waals surface area contributed by atoms with E-state index in [-0.39, 0.29) is 0 Å². The molecule has 0 bridgehead atoms. The Morgan fingerprint density at radius 3 is 2.44 bits per heavy atom. The number of phenols is 1. The number of rotatable bonds is 1. The van der Waals surface area contributed by atoms with Crippen LogP contribution in [0.15, 0.2) is 54.6 Å².